The Labute approximate surface area is 98.5 Å². The molecule has 15 heavy (non-hydrogen) atoms. The maximum atomic E-state index is 11.7. The van der Waals surface area contributed by atoms with Crippen molar-refractivity contribution in [1.29, 1.82) is 0 Å². The van der Waals surface area contributed by atoms with Crippen LogP contribution in [0.15, 0.2) is 30.3 Å². The zero-order chi connectivity index (χ0) is 10.8. The van der Waals surface area contributed by atoms with E-state index in [0.717, 1.165) is 0 Å². The highest BCUT2D eigenvalue weighted by Crippen LogP contribution is 2.44. The van der Waals surface area contributed by atoms with Crippen molar-refractivity contribution >= 4 is 36.0 Å². The summed E-state index contributed by atoms with van der Waals surface area (Å²) in [5.74, 6) is -1.26. The van der Waals surface area contributed by atoms with Crippen molar-refractivity contribution in [2.45, 2.75) is 12.6 Å². The molecule has 0 spiro atoms. The molecule has 1 rings (SSSR count). The number of benzene rings is 1. The van der Waals surface area contributed by atoms with E-state index < -0.39 is 19.0 Å². The highest BCUT2D eigenvalue weighted by molar-refractivity contribution is 7.67. The molecule has 1 aromatic carbocycles. The molecule has 0 amide bonds. The van der Waals surface area contributed by atoms with E-state index in [1.165, 1.54) is 19.1 Å². The first kappa shape index (κ1) is 14.4. The van der Waals surface area contributed by atoms with Crippen molar-refractivity contribution < 1.29 is 19.4 Å². The quantitative estimate of drug-likeness (QED) is 0.573. The Hall–Kier alpha value is -0.588. The lowest BCUT2D eigenvalue weighted by atomic mass is 10.4. The summed E-state index contributed by atoms with van der Waals surface area (Å²) in [5, 5.41) is 8.82. The molecule has 4 nitrogen and oxygen atoms in total. The Bertz CT molecular complexity index is 379. The SMILES string of the molecule is CC(C(=O)O)P(=O)(O)c1ccccc1.[AlH3]. The van der Waals surface area contributed by atoms with Gasteiger partial charge in [-0.25, -0.2) is 0 Å². The fourth-order valence-corrected chi connectivity index (χ4v) is 2.36. The van der Waals surface area contributed by atoms with Crippen molar-refractivity contribution in [3.05, 3.63) is 30.3 Å². The monoisotopic (exact) mass is 244 g/mol. The summed E-state index contributed by atoms with van der Waals surface area (Å²) in [6.07, 6.45) is 0. The second-order valence-electron chi connectivity index (χ2n) is 2.97. The molecule has 1 aromatic rings. The molecule has 0 radical (unpaired) electrons. The maximum absolute atomic E-state index is 11.7. The number of hydrogen-bond acceptors (Lipinski definition) is 2. The van der Waals surface area contributed by atoms with E-state index >= 15 is 0 Å². The van der Waals surface area contributed by atoms with Crippen molar-refractivity contribution in [1.82, 2.24) is 0 Å². The van der Waals surface area contributed by atoms with Gasteiger partial charge in [0.1, 0.15) is 5.66 Å². The average Bonchev–Trinajstić information content (AvgIpc) is 2.18. The van der Waals surface area contributed by atoms with Crippen LogP contribution in [0.2, 0.25) is 0 Å². The van der Waals surface area contributed by atoms with Crippen LogP contribution < -0.4 is 5.30 Å². The summed E-state index contributed by atoms with van der Waals surface area (Å²) in [5.41, 5.74) is -1.27. The van der Waals surface area contributed by atoms with Gasteiger partial charge in [-0.2, -0.15) is 0 Å². The van der Waals surface area contributed by atoms with Gasteiger partial charge in [0.25, 0.3) is 0 Å². The molecular formula is C9H14AlO4P. The van der Waals surface area contributed by atoms with Gasteiger partial charge in [0.2, 0.25) is 7.37 Å². The molecule has 82 valence electrons. The lowest BCUT2D eigenvalue weighted by Crippen LogP contribution is -2.22. The lowest BCUT2D eigenvalue weighted by Gasteiger charge is -2.15. The normalized spacial score (nSPS) is 15.9. The molecule has 0 aromatic heterocycles. The van der Waals surface area contributed by atoms with Crippen molar-refractivity contribution in [3.63, 3.8) is 0 Å². The van der Waals surface area contributed by atoms with E-state index in [-0.39, 0.29) is 22.7 Å². The minimum atomic E-state index is -3.79. The van der Waals surface area contributed by atoms with E-state index in [4.69, 9.17) is 5.11 Å². The van der Waals surface area contributed by atoms with E-state index in [9.17, 15) is 14.3 Å². The fourth-order valence-electron chi connectivity index (χ4n) is 1.01. The Morgan fingerprint density at radius 1 is 1.33 bits per heavy atom. The second kappa shape index (κ2) is 5.48. The number of carboxylic acid groups (broad SMARTS) is 1. The molecule has 0 fully saturated rings. The van der Waals surface area contributed by atoms with Crippen LogP contribution in [0.5, 0.6) is 0 Å². The molecule has 0 aliphatic heterocycles. The molecule has 2 unspecified atom stereocenters. The number of rotatable bonds is 3. The van der Waals surface area contributed by atoms with Gasteiger partial charge in [0.05, 0.1) is 0 Å². The van der Waals surface area contributed by atoms with Crippen LogP contribution >= 0.6 is 7.37 Å². The minimum absolute atomic E-state index is 0. The van der Waals surface area contributed by atoms with Gasteiger partial charge < -0.3 is 10.00 Å². The fraction of sp³-hybridized carbons (Fsp3) is 0.222. The van der Waals surface area contributed by atoms with Crippen LogP contribution in [-0.4, -0.2) is 39.0 Å². The number of hydrogen-bond donors (Lipinski definition) is 2. The molecule has 0 saturated heterocycles. The van der Waals surface area contributed by atoms with E-state index in [2.05, 4.69) is 0 Å². The second-order valence-corrected chi connectivity index (χ2v) is 5.51. The number of carbonyl (C=O) groups is 1. The van der Waals surface area contributed by atoms with E-state index in [1.807, 2.05) is 0 Å². The molecule has 6 heteroatoms. The molecule has 0 bridgehead atoms. The standard InChI is InChI=1S/C9H11O4P.Al.3H/c1-7(9(10)11)14(12,13)8-5-3-2-4-6-8;;;;/h2-7H,1H3,(H,10,11)(H,12,13);;;;. The Balaban J connectivity index is 0.00000196. The zero-order valence-electron chi connectivity index (χ0n) is 7.62. The van der Waals surface area contributed by atoms with Gasteiger partial charge in [-0.15, -0.1) is 0 Å². The van der Waals surface area contributed by atoms with Crippen LogP contribution in [0.4, 0.5) is 0 Å². The van der Waals surface area contributed by atoms with Gasteiger partial charge in [0, 0.05) is 5.30 Å². The average molecular weight is 244 g/mol. The molecule has 0 aliphatic rings. The maximum Gasteiger partial charge on any atom is 0.316 e. The van der Waals surface area contributed by atoms with Gasteiger partial charge >= 0.3 is 5.97 Å². The summed E-state index contributed by atoms with van der Waals surface area (Å²) in [4.78, 5) is 20.2. The third-order valence-electron chi connectivity index (χ3n) is 2.01. The summed E-state index contributed by atoms with van der Waals surface area (Å²) >= 11 is 0. The zero-order valence-corrected chi connectivity index (χ0v) is 8.52. The van der Waals surface area contributed by atoms with Gasteiger partial charge in [0.15, 0.2) is 17.4 Å². The predicted molar refractivity (Wildman–Crippen MR) is 62.9 cm³/mol. The summed E-state index contributed by atoms with van der Waals surface area (Å²) in [6, 6.07) is 7.83. The molecule has 0 aliphatic carbocycles. The molecule has 0 heterocycles. The Morgan fingerprint density at radius 2 is 1.80 bits per heavy atom. The summed E-state index contributed by atoms with van der Waals surface area (Å²) < 4.78 is 11.7. The lowest BCUT2D eigenvalue weighted by molar-refractivity contribution is -0.136. The predicted octanol–water partition coefficient (Wildman–Crippen LogP) is -0.129. The van der Waals surface area contributed by atoms with Crippen molar-refractivity contribution in [2.24, 2.45) is 0 Å². The molecular weight excluding hydrogens is 230 g/mol. The Kier molecular flexibility index (Phi) is 5.27. The first-order chi connectivity index (χ1) is 6.46. The third kappa shape index (κ3) is 3.19. The topological polar surface area (TPSA) is 74.6 Å². The largest absolute Gasteiger partial charge is 0.481 e. The highest BCUT2D eigenvalue weighted by atomic mass is 31.2. The summed E-state index contributed by atoms with van der Waals surface area (Å²) in [6.45, 7) is 1.23. The van der Waals surface area contributed by atoms with Crippen molar-refractivity contribution in [3.8, 4) is 0 Å². The van der Waals surface area contributed by atoms with Gasteiger partial charge in [-0.1, -0.05) is 18.2 Å². The van der Waals surface area contributed by atoms with Crippen LogP contribution in [0, 0.1) is 0 Å². The highest BCUT2D eigenvalue weighted by Gasteiger charge is 2.34. The van der Waals surface area contributed by atoms with E-state index in [1.54, 1.807) is 18.2 Å². The van der Waals surface area contributed by atoms with Crippen LogP contribution in [0.3, 0.4) is 0 Å². The Morgan fingerprint density at radius 3 is 2.20 bits per heavy atom. The number of carboxylic acids is 1. The number of aliphatic carboxylic acids is 1. The molecule has 0 saturated carbocycles. The first-order valence-electron chi connectivity index (χ1n) is 4.07. The van der Waals surface area contributed by atoms with E-state index in [0.29, 0.717) is 0 Å². The smallest absolute Gasteiger partial charge is 0.316 e. The molecule has 2 N–H and O–H groups in total. The first-order valence-corrected chi connectivity index (χ1v) is 5.80. The van der Waals surface area contributed by atoms with Crippen LogP contribution in [-0.2, 0) is 9.36 Å². The van der Waals surface area contributed by atoms with Crippen molar-refractivity contribution in [2.75, 3.05) is 0 Å². The van der Waals surface area contributed by atoms with Crippen LogP contribution in [0.25, 0.3) is 0 Å². The van der Waals surface area contributed by atoms with Crippen LogP contribution in [0.1, 0.15) is 6.92 Å². The summed E-state index contributed by atoms with van der Waals surface area (Å²) in [7, 11) is -3.79. The van der Waals surface area contributed by atoms with Gasteiger partial charge in [-0.05, 0) is 19.1 Å². The third-order valence-corrected chi connectivity index (χ3v) is 4.32. The van der Waals surface area contributed by atoms with Gasteiger partial charge in [-0.3, -0.25) is 9.36 Å². The minimum Gasteiger partial charge on any atom is -0.481 e. The molecule has 2 atom stereocenters.